The molecule has 0 aromatic heterocycles. The van der Waals surface area contributed by atoms with Crippen LogP contribution in [0.1, 0.15) is 110 Å². The molecule has 1 atom stereocenters. The molecule has 0 saturated heterocycles. The summed E-state index contributed by atoms with van der Waals surface area (Å²) in [7, 11) is -2.20. The van der Waals surface area contributed by atoms with Crippen LogP contribution in [-0.2, 0) is 21.1 Å². The molecule has 0 radical (unpaired) electrons. The van der Waals surface area contributed by atoms with E-state index < -0.39 is 8.03 Å². The summed E-state index contributed by atoms with van der Waals surface area (Å²) in [6, 6.07) is 0. The molecule has 0 aliphatic rings. The van der Waals surface area contributed by atoms with E-state index in [1.807, 2.05) is 0 Å². The Morgan fingerprint density at radius 1 is 0.591 bits per heavy atom. The molecule has 0 aliphatic carbocycles. The summed E-state index contributed by atoms with van der Waals surface area (Å²) in [5.74, 6) is 0. The summed E-state index contributed by atoms with van der Waals surface area (Å²) >= 11 is 0. The Labute approximate surface area is 150 Å². The molecule has 0 rings (SSSR count). The normalized spacial score (nSPS) is 12.1. The van der Waals surface area contributed by atoms with Gasteiger partial charge in [-0.25, -0.2) is 0 Å². The Bertz CT molecular complexity index is 225. The van der Waals surface area contributed by atoms with E-state index in [1.54, 1.807) is 0 Å². The van der Waals surface area contributed by atoms with E-state index in [4.69, 9.17) is 4.89 Å². The van der Waals surface area contributed by atoms with Crippen LogP contribution in [0.3, 0.4) is 0 Å². The fourth-order valence-corrected chi connectivity index (χ4v) is 3.38. The summed E-state index contributed by atoms with van der Waals surface area (Å²) < 4.78 is 10.5. The molecule has 0 aliphatic heterocycles. The second-order valence-corrected chi connectivity index (χ2v) is 7.73. The van der Waals surface area contributed by atoms with Gasteiger partial charge in [-0.3, -0.25) is 4.57 Å². The first kappa shape index (κ1) is 24.9. The molecule has 0 spiro atoms. The Hall–Kier alpha value is 0.684. The molecule has 0 saturated carbocycles. The third kappa shape index (κ3) is 23.0. The molecule has 0 aromatic carbocycles. The average molecular weight is 377 g/mol. The first-order chi connectivity index (χ1) is 10.3. The zero-order valence-electron chi connectivity index (χ0n) is 14.7. The number of rotatable bonds is 17. The minimum atomic E-state index is -2.20. The maximum Gasteiger partial charge on any atom is 0.189 e. The van der Waals surface area contributed by atoms with E-state index in [2.05, 4.69) is 6.92 Å². The third-order valence-electron chi connectivity index (χ3n) is 4.24. The van der Waals surface area contributed by atoms with Crippen molar-refractivity contribution in [3.05, 3.63) is 0 Å². The fourth-order valence-electron chi connectivity index (χ4n) is 2.82. The molecule has 1 unspecified atom stereocenters. The smallest absolute Gasteiger partial charge is 0.189 e. The topological polar surface area (TPSA) is 37.3 Å². The van der Waals surface area contributed by atoms with E-state index >= 15 is 0 Å². The molecule has 1 N–H and O–H groups in total. The van der Waals surface area contributed by atoms with Crippen molar-refractivity contribution in [2.45, 2.75) is 110 Å². The van der Waals surface area contributed by atoms with E-state index in [1.165, 1.54) is 89.9 Å². The Kier molecular flexibility index (Phi) is 24.6. The zero-order valence-corrected chi connectivity index (χ0v) is 16.7. The number of hydrogen-bond acceptors (Lipinski definition) is 1. The van der Waals surface area contributed by atoms with Crippen LogP contribution in [0.5, 0.6) is 0 Å². The van der Waals surface area contributed by atoms with Gasteiger partial charge in [0.1, 0.15) is 0 Å². The van der Waals surface area contributed by atoms with E-state index in [-0.39, 0.29) is 16.5 Å². The van der Waals surface area contributed by atoms with Crippen LogP contribution in [0, 0.1) is 0 Å². The summed E-state index contributed by atoms with van der Waals surface area (Å²) in [4.78, 5) is 8.71. The molecule has 0 amide bonds. The first-order valence-corrected chi connectivity index (χ1v) is 11.1. The molecular formula is C18H39NiO2P. The van der Waals surface area contributed by atoms with Gasteiger partial charge in [-0.05, 0) is 6.42 Å². The van der Waals surface area contributed by atoms with Gasteiger partial charge in [-0.15, -0.1) is 0 Å². The second-order valence-electron chi connectivity index (χ2n) is 6.45. The molecule has 4 heteroatoms. The average Bonchev–Trinajstić information content (AvgIpc) is 2.46. The van der Waals surface area contributed by atoms with Gasteiger partial charge in [-0.1, -0.05) is 103 Å². The van der Waals surface area contributed by atoms with Crippen molar-refractivity contribution < 1.29 is 25.9 Å². The Balaban J connectivity index is 0. The van der Waals surface area contributed by atoms with Crippen molar-refractivity contribution in [3.63, 3.8) is 0 Å². The molecule has 0 heterocycles. The molecule has 0 aromatic rings. The van der Waals surface area contributed by atoms with Gasteiger partial charge < -0.3 is 4.89 Å². The summed E-state index contributed by atoms with van der Waals surface area (Å²) in [6.07, 6.45) is 22.1. The third-order valence-corrected chi connectivity index (χ3v) is 5.03. The van der Waals surface area contributed by atoms with Crippen LogP contribution in [0.25, 0.3) is 0 Å². The summed E-state index contributed by atoms with van der Waals surface area (Å²) in [5, 5.41) is 0. The maximum atomic E-state index is 10.5. The summed E-state index contributed by atoms with van der Waals surface area (Å²) in [6.45, 7) is 2.28. The van der Waals surface area contributed by atoms with Gasteiger partial charge in [0.2, 0.25) is 0 Å². The van der Waals surface area contributed by atoms with E-state index in [0.717, 1.165) is 12.8 Å². The molecule has 0 fully saturated rings. The zero-order chi connectivity index (χ0) is 15.6. The quantitative estimate of drug-likeness (QED) is 0.174. The minimum Gasteiger partial charge on any atom is -0.346 e. The van der Waals surface area contributed by atoms with Crippen molar-refractivity contribution in [2.75, 3.05) is 6.16 Å². The van der Waals surface area contributed by atoms with Crippen LogP contribution in [-0.4, -0.2) is 11.1 Å². The fraction of sp³-hybridized carbons (Fsp3) is 1.00. The van der Waals surface area contributed by atoms with Gasteiger partial charge in [0.25, 0.3) is 0 Å². The maximum absolute atomic E-state index is 10.5. The van der Waals surface area contributed by atoms with Crippen molar-refractivity contribution in [1.29, 1.82) is 0 Å². The monoisotopic (exact) mass is 376 g/mol. The van der Waals surface area contributed by atoms with Crippen LogP contribution < -0.4 is 0 Å². The molecule has 0 bridgehead atoms. The summed E-state index contributed by atoms with van der Waals surface area (Å²) in [5.41, 5.74) is 0. The standard InChI is InChI=1S/C18H39O2P.Ni/c1-2-3-4-5-6-7-8-9-10-11-12-13-14-15-16-17-18-21(19)20;/h21H,2-18H2,1H3,(H,19,20);. The largest absolute Gasteiger partial charge is 0.346 e. The second kappa shape index (κ2) is 21.7. The van der Waals surface area contributed by atoms with Gasteiger partial charge in [0.15, 0.2) is 8.03 Å². The minimum absolute atomic E-state index is 0. The van der Waals surface area contributed by atoms with Gasteiger partial charge >= 0.3 is 0 Å². The van der Waals surface area contributed by atoms with Gasteiger partial charge in [0.05, 0.1) is 0 Å². The van der Waals surface area contributed by atoms with Crippen molar-refractivity contribution in [2.24, 2.45) is 0 Å². The predicted molar refractivity (Wildman–Crippen MR) is 95.6 cm³/mol. The van der Waals surface area contributed by atoms with Crippen molar-refractivity contribution in [3.8, 4) is 0 Å². The van der Waals surface area contributed by atoms with Crippen molar-refractivity contribution >= 4 is 8.03 Å². The van der Waals surface area contributed by atoms with Gasteiger partial charge in [-0.2, -0.15) is 0 Å². The Morgan fingerprint density at radius 3 is 1.14 bits per heavy atom. The van der Waals surface area contributed by atoms with E-state index in [9.17, 15) is 4.57 Å². The van der Waals surface area contributed by atoms with Crippen LogP contribution in [0.15, 0.2) is 0 Å². The molecule has 22 heavy (non-hydrogen) atoms. The molecule has 2 nitrogen and oxygen atoms in total. The number of hydrogen-bond donors (Lipinski definition) is 1. The van der Waals surface area contributed by atoms with Crippen LogP contribution in [0.4, 0.5) is 0 Å². The Morgan fingerprint density at radius 2 is 0.864 bits per heavy atom. The first-order valence-electron chi connectivity index (χ1n) is 9.49. The van der Waals surface area contributed by atoms with Gasteiger partial charge in [0, 0.05) is 22.7 Å². The predicted octanol–water partition coefficient (Wildman–Crippen LogP) is 6.71. The van der Waals surface area contributed by atoms with Crippen LogP contribution >= 0.6 is 8.03 Å². The number of unbranched alkanes of at least 4 members (excludes halogenated alkanes) is 15. The van der Waals surface area contributed by atoms with Crippen LogP contribution in [0.2, 0.25) is 0 Å². The van der Waals surface area contributed by atoms with E-state index in [0.29, 0.717) is 6.16 Å². The molecular weight excluding hydrogens is 338 g/mol. The van der Waals surface area contributed by atoms with Crippen molar-refractivity contribution in [1.82, 2.24) is 0 Å². The SMILES string of the molecule is CCCCCCCCCCCCCCCCCC[PH](=O)O.[Ni]. The molecule has 138 valence electrons.